The minimum absolute atomic E-state index is 0.0225. The molecule has 0 aromatic heterocycles. The summed E-state index contributed by atoms with van der Waals surface area (Å²) in [6, 6.07) is 9.86. The van der Waals surface area contributed by atoms with E-state index in [2.05, 4.69) is 16.7 Å². The van der Waals surface area contributed by atoms with Gasteiger partial charge in [-0.25, -0.2) is 0 Å². The smallest absolute Gasteiger partial charge is 0.236 e. The summed E-state index contributed by atoms with van der Waals surface area (Å²) in [6.45, 7) is 10.7. The highest BCUT2D eigenvalue weighted by Crippen LogP contribution is 2.27. The van der Waals surface area contributed by atoms with Gasteiger partial charge in [0.25, 0.3) is 0 Å². The van der Waals surface area contributed by atoms with Crippen molar-refractivity contribution in [2.24, 2.45) is 5.92 Å². The van der Waals surface area contributed by atoms with E-state index in [4.69, 9.17) is 4.74 Å². The lowest BCUT2D eigenvalue weighted by Gasteiger charge is -2.40. The molecule has 3 aliphatic rings. The summed E-state index contributed by atoms with van der Waals surface area (Å²) in [4.78, 5) is 34.9. The standard InChI is InChI=1S/C26H40N4O3/c1-2-27-15-17-28(18-16-27)21-26(32)30-14-11-24(33-23-9-5-3-6-10-23)22(20-30)19-25(31)29-12-7-4-8-13-29/h3,5-6,9-10,22,24H,2,4,7-8,11-21H2,1H3/t22-,24-/m0/s1. The molecule has 3 heterocycles. The second kappa shape index (κ2) is 11.8. The molecule has 0 unspecified atom stereocenters. The van der Waals surface area contributed by atoms with Crippen LogP contribution in [0.4, 0.5) is 0 Å². The van der Waals surface area contributed by atoms with Crippen molar-refractivity contribution in [2.45, 2.75) is 45.1 Å². The Labute approximate surface area is 198 Å². The zero-order valence-electron chi connectivity index (χ0n) is 20.2. The third-order valence-corrected chi connectivity index (χ3v) is 7.46. The van der Waals surface area contributed by atoms with Crippen molar-refractivity contribution < 1.29 is 14.3 Å². The first kappa shape index (κ1) is 24.0. The fourth-order valence-electron chi connectivity index (χ4n) is 5.31. The third kappa shape index (κ3) is 6.70. The van der Waals surface area contributed by atoms with Gasteiger partial charge in [-0.15, -0.1) is 0 Å². The average molecular weight is 457 g/mol. The Morgan fingerprint density at radius 3 is 2.24 bits per heavy atom. The van der Waals surface area contributed by atoms with Crippen LogP contribution in [-0.2, 0) is 9.59 Å². The highest BCUT2D eigenvalue weighted by Gasteiger charge is 2.36. The Morgan fingerprint density at radius 1 is 0.848 bits per heavy atom. The second-order valence-corrected chi connectivity index (χ2v) is 9.71. The molecule has 182 valence electrons. The molecule has 0 bridgehead atoms. The van der Waals surface area contributed by atoms with Gasteiger partial charge < -0.3 is 19.4 Å². The molecule has 33 heavy (non-hydrogen) atoms. The number of para-hydroxylation sites is 1. The quantitative estimate of drug-likeness (QED) is 0.630. The second-order valence-electron chi connectivity index (χ2n) is 9.71. The Balaban J connectivity index is 1.37. The Hall–Kier alpha value is -2.12. The maximum atomic E-state index is 13.1. The van der Waals surface area contributed by atoms with Crippen LogP contribution in [0.25, 0.3) is 0 Å². The van der Waals surface area contributed by atoms with E-state index in [0.29, 0.717) is 26.1 Å². The predicted molar refractivity (Wildman–Crippen MR) is 129 cm³/mol. The first-order valence-electron chi connectivity index (χ1n) is 12.8. The van der Waals surface area contributed by atoms with Crippen LogP contribution in [0, 0.1) is 5.92 Å². The van der Waals surface area contributed by atoms with Crippen molar-refractivity contribution in [3.63, 3.8) is 0 Å². The van der Waals surface area contributed by atoms with Gasteiger partial charge in [0, 0.05) is 71.1 Å². The van der Waals surface area contributed by atoms with Gasteiger partial charge >= 0.3 is 0 Å². The Kier molecular flexibility index (Phi) is 8.62. The van der Waals surface area contributed by atoms with E-state index < -0.39 is 0 Å². The molecule has 4 rings (SSSR count). The monoisotopic (exact) mass is 456 g/mol. The van der Waals surface area contributed by atoms with Gasteiger partial charge in [-0.1, -0.05) is 25.1 Å². The number of piperidine rings is 2. The van der Waals surface area contributed by atoms with Crippen LogP contribution in [0.1, 0.15) is 39.0 Å². The lowest BCUT2D eigenvalue weighted by Crippen LogP contribution is -2.54. The molecule has 3 aliphatic heterocycles. The molecule has 3 fully saturated rings. The zero-order valence-corrected chi connectivity index (χ0v) is 20.2. The molecule has 2 atom stereocenters. The van der Waals surface area contributed by atoms with Gasteiger partial charge in [-0.2, -0.15) is 0 Å². The molecule has 0 radical (unpaired) electrons. The number of nitrogens with zero attached hydrogens (tertiary/aromatic N) is 4. The number of carbonyl (C=O) groups is 2. The van der Waals surface area contributed by atoms with Crippen molar-refractivity contribution in [3.8, 4) is 5.75 Å². The fourth-order valence-corrected chi connectivity index (χ4v) is 5.31. The van der Waals surface area contributed by atoms with Gasteiger partial charge in [0.15, 0.2) is 0 Å². The van der Waals surface area contributed by atoms with Crippen LogP contribution >= 0.6 is 0 Å². The lowest BCUT2D eigenvalue weighted by molar-refractivity contribution is -0.140. The number of hydrogen-bond acceptors (Lipinski definition) is 5. The Bertz CT molecular complexity index is 760. The van der Waals surface area contributed by atoms with Gasteiger partial charge in [-0.05, 0) is 37.9 Å². The molecule has 1 aromatic rings. The minimum Gasteiger partial charge on any atom is -0.490 e. The van der Waals surface area contributed by atoms with E-state index in [0.717, 1.165) is 70.8 Å². The maximum absolute atomic E-state index is 13.1. The summed E-state index contributed by atoms with van der Waals surface area (Å²) in [5.74, 6) is 1.26. The normalized spacial score (nSPS) is 25.1. The summed E-state index contributed by atoms with van der Waals surface area (Å²) < 4.78 is 6.33. The average Bonchev–Trinajstić information content (AvgIpc) is 2.86. The highest BCUT2D eigenvalue weighted by atomic mass is 16.5. The van der Waals surface area contributed by atoms with Crippen LogP contribution in [0.3, 0.4) is 0 Å². The molecule has 2 amide bonds. The number of likely N-dealkylation sites (tertiary alicyclic amines) is 2. The van der Waals surface area contributed by atoms with Crippen molar-refractivity contribution in [2.75, 3.05) is 65.4 Å². The highest BCUT2D eigenvalue weighted by molar-refractivity contribution is 5.79. The van der Waals surface area contributed by atoms with Crippen LogP contribution in [0.2, 0.25) is 0 Å². The summed E-state index contributed by atoms with van der Waals surface area (Å²) in [5.41, 5.74) is 0. The number of likely N-dealkylation sites (N-methyl/N-ethyl adjacent to an activating group) is 1. The number of piperazine rings is 1. The van der Waals surface area contributed by atoms with Crippen LogP contribution in [-0.4, -0.2) is 103 Å². The number of benzene rings is 1. The topological polar surface area (TPSA) is 56.3 Å². The van der Waals surface area contributed by atoms with E-state index in [1.807, 2.05) is 40.1 Å². The van der Waals surface area contributed by atoms with Crippen molar-refractivity contribution in [1.29, 1.82) is 0 Å². The Morgan fingerprint density at radius 2 is 1.55 bits per heavy atom. The van der Waals surface area contributed by atoms with Gasteiger partial charge in [-0.3, -0.25) is 14.5 Å². The van der Waals surface area contributed by atoms with Crippen LogP contribution < -0.4 is 4.74 Å². The summed E-state index contributed by atoms with van der Waals surface area (Å²) in [6.07, 6.45) is 4.57. The van der Waals surface area contributed by atoms with Gasteiger partial charge in [0.2, 0.25) is 11.8 Å². The summed E-state index contributed by atoms with van der Waals surface area (Å²) in [7, 11) is 0. The van der Waals surface area contributed by atoms with Gasteiger partial charge in [0.05, 0.1) is 6.54 Å². The van der Waals surface area contributed by atoms with E-state index in [-0.39, 0.29) is 23.8 Å². The molecular weight excluding hydrogens is 416 g/mol. The maximum Gasteiger partial charge on any atom is 0.236 e. The number of amides is 2. The lowest BCUT2D eigenvalue weighted by atomic mass is 9.90. The molecular formula is C26H40N4O3. The molecule has 0 N–H and O–H groups in total. The van der Waals surface area contributed by atoms with Crippen molar-refractivity contribution in [3.05, 3.63) is 30.3 Å². The van der Waals surface area contributed by atoms with Crippen LogP contribution in [0.5, 0.6) is 5.75 Å². The fraction of sp³-hybridized carbons (Fsp3) is 0.692. The summed E-state index contributed by atoms with van der Waals surface area (Å²) in [5, 5.41) is 0. The molecule has 7 heteroatoms. The van der Waals surface area contributed by atoms with Crippen molar-refractivity contribution >= 4 is 11.8 Å². The van der Waals surface area contributed by atoms with E-state index in [1.165, 1.54) is 6.42 Å². The summed E-state index contributed by atoms with van der Waals surface area (Å²) >= 11 is 0. The first-order chi connectivity index (χ1) is 16.1. The number of carbonyl (C=O) groups excluding carboxylic acids is 2. The largest absolute Gasteiger partial charge is 0.490 e. The number of ether oxygens (including phenoxy) is 1. The van der Waals surface area contributed by atoms with E-state index in [1.54, 1.807) is 0 Å². The zero-order chi connectivity index (χ0) is 23.0. The first-order valence-corrected chi connectivity index (χ1v) is 12.8. The van der Waals surface area contributed by atoms with Crippen LogP contribution in [0.15, 0.2) is 30.3 Å². The number of hydrogen-bond donors (Lipinski definition) is 0. The molecule has 0 saturated carbocycles. The van der Waals surface area contributed by atoms with Gasteiger partial charge in [0.1, 0.15) is 11.9 Å². The van der Waals surface area contributed by atoms with E-state index >= 15 is 0 Å². The number of rotatable bonds is 7. The minimum atomic E-state index is -0.0433. The SMILES string of the molecule is CCN1CCN(CC(=O)N2CC[C@H](Oc3ccccc3)[C@@H](CC(=O)N3CCCCC3)C2)CC1. The predicted octanol–water partition coefficient (Wildman–Crippen LogP) is 2.32. The third-order valence-electron chi connectivity index (χ3n) is 7.46. The molecule has 3 saturated heterocycles. The molecule has 1 aromatic carbocycles. The molecule has 0 aliphatic carbocycles. The molecule has 0 spiro atoms. The van der Waals surface area contributed by atoms with E-state index in [9.17, 15) is 9.59 Å². The van der Waals surface area contributed by atoms with Crippen molar-refractivity contribution in [1.82, 2.24) is 19.6 Å². The molecule has 7 nitrogen and oxygen atoms in total.